The highest BCUT2D eigenvalue weighted by molar-refractivity contribution is 6.01. The summed E-state index contributed by atoms with van der Waals surface area (Å²) in [6, 6.07) is 11.1. The van der Waals surface area contributed by atoms with E-state index in [4.69, 9.17) is 14.7 Å². The van der Waals surface area contributed by atoms with Crippen molar-refractivity contribution in [3.05, 3.63) is 53.4 Å². The van der Waals surface area contributed by atoms with Gasteiger partial charge in [-0.2, -0.15) is 5.26 Å². The zero-order chi connectivity index (χ0) is 17.4. The van der Waals surface area contributed by atoms with E-state index in [1.54, 1.807) is 32.5 Å². The van der Waals surface area contributed by atoms with Crippen molar-refractivity contribution in [2.75, 3.05) is 20.8 Å². The number of rotatable bonds is 7. The monoisotopic (exact) mass is 325 g/mol. The first kappa shape index (κ1) is 17.2. The topological polar surface area (TPSA) is 87.1 Å². The number of amides is 1. The number of H-pyrrole nitrogens is 1. The highest BCUT2D eigenvalue weighted by Crippen LogP contribution is 2.27. The Bertz CT molecular complexity index is 758. The summed E-state index contributed by atoms with van der Waals surface area (Å²) in [5.74, 6) is 0.907. The van der Waals surface area contributed by atoms with Crippen LogP contribution in [-0.2, 0) is 11.2 Å². The predicted octanol–water partition coefficient (Wildman–Crippen LogP) is 2.30. The minimum Gasteiger partial charge on any atom is -0.493 e. The molecule has 0 saturated carbocycles. The molecule has 0 unspecified atom stereocenters. The number of nitriles is 1. The zero-order valence-corrected chi connectivity index (χ0v) is 13.6. The maximum atomic E-state index is 12.1. The lowest BCUT2D eigenvalue weighted by atomic mass is 10.1. The summed E-state index contributed by atoms with van der Waals surface area (Å²) in [5.41, 5.74) is 1.77. The first-order valence-corrected chi connectivity index (χ1v) is 7.42. The molecular weight excluding hydrogens is 306 g/mol. The Kier molecular flexibility index (Phi) is 6.03. The van der Waals surface area contributed by atoms with Crippen molar-refractivity contribution in [1.82, 2.24) is 10.3 Å². The highest BCUT2D eigenvalue weighted by Gasteiger charge is 2.09. The van der Waals surface area contributed by atoms with Crippen LogP contribution in [0.15, 0.2) is 42.1 Å². The lowest BCUT2D eigenvalue weighted by molar-refractivity contribution is -0.117. The summed E-state index contributed by atoms with van der Waals surface area (Å²) >= 11 is 0. The third-order valence-electron chi connectivity index (χ3n) is 3.43. The van der Waals surface area contributed by atoms with Crippen LogP contribution in [0.5, 0.6) is 11.5 Å². The molecule has 0 fully saturated rings. The summed E-state index contributed by atoms with van der Waals surface area (Å²) in [7, 11) is 3.16. The molecule has 124 valence electrons. The van der Waals surface area contributed by atoms with E-state index in [2.05, 4.69) is 10.3 Å². The molecule has 1 aromatic heterocycles. The van der Waals surface area contributed by atoms with Gasteiger partial charge in [-0.05, 0) is 42.3 Å². The van der Waals surface area contributed by atoms with Crippen LogP contribution in [0.3, 0.4) is 0 Å². The second-order valence-corrected chi connectivity index (χ2v) is 4.99. The van der Waals surface area contributed by atoms with E-state index in [0.717, 1.165) is 5.56 Å². The van der Waals surface area contributed by atoms with Gasteiger partial charge in [-0.25, -0.2) is 0 Å². The minimum atomic E-state index is -0.396. The zero-order valence-electron chi connectivity index (χ0n) is 13.6. The lowest BCUT2D eigenvalue weighted by Gasteiger charge is -2.10. The minimum absolute atomic E-state index is 0.0600. The molecule has 1 heterocycles. The van der Waals surface area contributed by atoms with Gasteiger partial charge in [0, 0.05) is 18.4 Å². The predicted molar refractivity (Wildman–Crippen MR) is 90.6 cm³/mol. The van der Waals surface area contributed by atoms with E-state index in [0.29, 0.717) is 30.2 Å². The molecule has 0 aliphatic rings. The van der Waals surface area contributed by atoms with E-state index in [9.17, 15) is 4.79 Å². The van der Waals surface area contributed by atoms with Crippen LogP contribution in [0, 0.1) is 11.3 Å². The molecule has 6 heteroatoms. The van der Waals surface area contributed by atoms with Crippen molar-refractivity contribution in [3.8, 4) is 17.6 Å². The van der Waals surface area contributed by atoms with Crippen LogP contribution in [0.25, 0.3) is 6.08 Å². The SMILES string of the molecule is COc1ccc(CCNC(=O)/C(C#N)=C/c2ccc[nH]2)cc1OC. The average molecular weight is 325 g/mol. The fraction of sp³-hybridized carbons (Fsp3) is 0.222. The second kappa shape index (κ2) is 8.44. The third-order valence-corrected chi connectivity index (χ3v) is 3.43. The van der Waals surface area contributed by atoms with E-state index in [1.165, 1.54) is 6.08 Å². The van der Waals surface area contributed by atoms with Crippen LogP contribution in [0.1, 0.15) is 11.3 Å². The smallest absolute Gasteiger partial charge is 0.262 e. The van der Waals surface area contributed by atoms with Crippen LogP contribution in [0.2, 0.25) is 0 Å². The molecule has 0 spiro atoms. The van der Waals surface area contributed by atoms with Crippen LogP contribution in [0.4, 0.5) is 0 Å². The molecule has 2 N–H and O–H groups in total. The van der Waals surface area contributed by atoms with Gasteiger partial charge in [-0.15, -0.1) is 0 Å². The van der Waals surface area contributed by atoms with Crippen molar-refractivity contribution < 1.29 is 14.3 Å². The third kappa shape index (κ3) is 4.40. The van der Waals surface area contributed by atoms with Crippen molar-refractivity contribution in [2.24, 2.45) is 0 Å². The van der Waals surface area contributed by atoms with Crippen molar-refractivity contribution in [3.63, 3.8) is 0 Å². The van der Waals surface area contributed by atoms with Crippen LogP contribution >= 0.6 is 0 Å². The summed E-state index contributed by atoms with van der Waals surface area (Å²) in [6.45, 7) is 0.415. The maximum absolute atomic E-state index is 12.1. The Morgan fingerprint density at radius 1 is 1.29 bits per heavy atom. The molecule has 2 rings (SSSR count). The summed E-state index contributed by atoms with van der Waals surface area (Å²) < 4.78 is 10.4. The lowest BCUT2D eigenvalue weighted by Crippen LogP contribution is -2.26. The van der Waals surface area contributed by atoms with E-state index < -0.39 is 5.91 Å². The first-order chi connectivity index (χ1) is 11.7. The highest BCUT2D eigenvalue weighted by atomic mass is 16.5. The molecule has 2 aromatic rings. The number of aromatic nitrogens is 1. The van der Waals surface area contributed by atoms with E-state index in [-0.39, 0.29) is 5.57 Å². The summed E-state index contributed by atoms with van der Waals surface area (Å²) in [4.78, 5) is 15.0. The van der Waals surface area contributed by atoms with E-state index in [1.807, 2.05) is 24.3 Å². The summed E-state index contributed by atoms with van der Waals surface area (Å²) in [6.07, 6.45) is 3.87. The van der Waals surface area contributed by atoms with Gasteiger partial charge in [0.2, 0.25) is 0 Å². The fourth-order valence-electron chi connectivity index (χ4n) is 2.19. The number of hydrogen-bond donors (Lipinski definition) is 2. The molecule has 0 aliphatic carbocycles. The molecule has 0 atom stereocenters. The maximum Gasteiger partial charge on any atom is 0.262 e. The summed E-state index contributed by atoms with van der Waals surface area (Å²) in [5, 5.41) is 11.9. The van der Waals surface area contributed by atoms with Gasteiger partial charge in [-0.3, -0.25) is 4.79 Å². The Morgan fingerprint density at radius 3 is 2.71 bits per heavy atom. The normalized spacial score (nSPS) is 10.8. The van der Waals surface area contributed by atoms with Gasteiger partial charge >= 0.3 is 0 Å². The Hall–Kier alpha value is -3.20. The number of nitrogens with zero attached hydrogens (tertiary/aromatic N) is 1. The Labute approximate surface area is 140 Å². The number of carbonyl (C=O) groups is 1. The number of methoxy groups -OCH3 is 2. The van der Waals surface area contributed by atoms with Gasteiger partial charge in [0.1, 0.15) is 11.6 Å². The molecule has 0 radical (unpaired) electrons. The quantitative estimate of drug-likeness (QED) is 0.604. The van der Waals surface area contributed by atoms with Gasteiger partial charge in [0.25, 0.3) is 5.91 Å². The first-order valence-electron chi connectivity index (χ1n) is 7.42. The number of carbonyl (C=O) groups excluding carboxylic acids is 1. The number of hydrogen-bond acceptors (Lipinski definition) is 4. The largest absolute Gasteiger partial charge is 0.493 e. The molecule has 0 saturated heterocycles. The Balaban J connectivity index is 1.94. The molecule has 24 heavy (non-hydrogen) atoms. The molecular formula is C18H19N3O3. The number of aromatic amines is 1. The van der Waals surface area contributed by atoms with Crippen LogP contribution < -0.4 is 14.8 Å². The number of nitrogens with one attached hydrogen (secondary N) is 2. The molecule has 0 aliphatic heterocycles. The van der Waals surface area contributed by atoms with Gasteiger partial charge < -0.3 is 19.8 Å². The van der Waals surface area contributed by atoms with Gasteiger partial charge in [0.15, 0.2) is 11.5 Å². The standard InChI is InChI=1S/C18H19N3O3/c1-23-16-6-5-13(10-17(16)24-2)7-9-21-18(22)14(12-19)11-15-4-3-8-20-15/h3-6,8,10-11,20H,7,9H2,1-2H3,(H,21,22)/b14-11+. The molecule has 1 aromatic carbocycles. The van der Waals surface area contributed by atoms with E-state index >= 15 is 0 Å². The fourth-order valence-corrected chi connectivity index (χ4v) is 2.19. The van der Waals surface area contributed by atoms with Crippen LogP contribution in [-0.4, -0.2) is 31.7 Å². The molecule has 6 nitrogen and oxygen atoms in total. The number of benzene rings is 1. The second-order valence-electron chi connectivity index (χ2n) is 4.99. The number of ether oxygens (including phenoxy) is 2. The Morgan fingerprint density at radius 2 is 2.08 bits per heavy atom. The van der Waals surface area contributed by atoms with Crippen molar-refractivity contribution >= 4 is 12.0 Å². The molecule has 0 bridgehead atoms. The average Bonchev–Trinajstić information content (AvgIpc) is 3.12. The van der Waals surface area contributed by atoms with Crippen molar-refractivity contribution in [2.45, 2.75) is 6.42 Å². The van der Waals surface area contributed by atoms with Gasteiger partial charge in [0.05, 0.1) is 14.2 Å². The van der Waals surface area contributed by atoms with Crippen molar-refractivity contribution in [1.29, 1.82) is 5.26 Å². The van der Waals surface area contributed by atoms with Gasteiger partial charge in [-0.1, -0.05) is 6.07 Å². The molecule has 1 amide bonds.